The van der Waals surface area contributed by atoms with E-state index >= 15 is 0 Å². The van der Waals surface area contributed by atoms with Crippen LogP contribution in [-0.4, -0.2) is 22.3 Å². The summed E-state index contributed by atoms with van der Waals surface area (Å²) in [5.74, 6) is 1.23. The van der Waals surface area contributed by atoms with E-state index in [9.17, 15) is 9.90 Å². The molecule has 0 saturated heterocycles. The van der Waals surface area contributed by atoms with E-state index < -0.39 is 16.6 Å². The average molecular weight is 349 g/mol. The van der Waals surface area contributed by atoms with Gasteiger partial charge in [0.15, 0.2) is 0 Å². The molecule has 3 heteroatoms. The zero-order valence-electron chi connectivity index (χ0n) is 17.2. The zero-order chi connectivity index (χ0) is 18.7. The summed E-state index contributed by atoms with van der Waals surface area (Å²) in [7, 11) is 0. The Hall–Kier alpha value is -0.570. The molecule has 0 aromatic carbocycles. The smallest absolute Gasteiger partial charge is 0.312 e. The number of esters is 1. The minimum absolute atomic E-state index is 0.0472. The lowest BCUT2D eigenvalue weighted by molar-refractivity contribution is -0.288. The summed E-state index contributed by atoms with van der Waals surface area (Å²) < 4.78 is 6.37. The number of hydrogen-bond acceptors (Lipinski definition) is 3. The Morgan fingerprint density at radius 3 is 2.08 bits per heavy atom. The molecule has 142 valence electrons. The second-order valence-electron chi connectivity index (χ2n) is 12.4. The lowest BCUT2D eigenvalue weighted by atomic mass is 9.36. The van der Waals surface area contributed by atoms with Gasteiger partial charge in [0.25, 0.3) is 0 Å². The number of hydrogen-bond donors (Lipinski definition) is 1. The molecule has 6 unspecified atom stereocenters. The summed E-state index contributed by atoms with van der Waals surface area (Å²) in [5.41, 5.74) is -1.46. The molecule has 4 fully saturated rings. The second kappa shape index (κ2) is 4.46. The second-order valence-corrected chi connectivity index (χ2v) is 12.4. The summed E-state index contributed by atoms with van der Waals surface area (Å²) >= 11 is 0. The average Bonchev–Trinajstić information content (AvgIpc) is 2.78. The third-order valence-corrected chi connectivity index (χ3v) is 8.62. The Labute approximate surface area is 152 Å². The normalized spacial score (nSPS) is 46.7. The molecule has 6 atom stereocenters. The standard InChI is InChI=1S/C22H36O3/c1-17(2,3)11-19(7,18(4,5)6)16(23)25-20-9-14-8-15-10-21(24,12-20)22(14,15)13-20/h14-15,24H,8-13H2,1-7H3. The summed E-state index contributed by atoms with van der Waals surface area (Å²) in [5, 5.41) is 11.1. The van der Waals surface area contributed by atoms with E-state index in [1.165, 1.54) is 6.42 Å². The van der Waals surface area contributed by atoms with Gasteiger partial charge in [-0.2, -0.15) is 0 Å². The molecule has 2 bridgehead atoms. The minimum Gasteiger partial charge on any atom is -0.458 e. The fourth-order valence-corrected chi connectivity index (χ4v) is 7.23. The van der Waals surface area contributed by atoms with Gasteiger partial charge in [0, 0.05) is 11.8 Å². The van der Waals surface area contributed by atoms with Crippen molar-refractivity contribution in [3.8, 4) is 0 Å². The van der Waals surface area contributed by atoms with E-state index in [1.54, 1.807) is 0 Å². The van der Waals surface area contributed by atoms with Crippen molar-refractivity contribution in [2.24, 2.45) is 33.5 Å². The molecule has 0 amide bonds. The van der Waals surface area contributed by atoms with Gasteiger partial charge in [0.05, 0.1) is 11.0 Å². The number of aliphatic hydroxyl groups is 1. The van der Waals surface area contributed by atoms with Crippen LogP contribution in [0.1, 0.15) is 87.0 Å². The molecular weight excluding hydrogens is 312 g/mol. The number of carbonyl (C=O) groups is 1. The molecular formula is C22H36O3. The number of carbonyl (C=O) groups excluding carboxylic acids is 1. The number of ether oxygens (including phenoxy) is 1. The lowest BCUT2D eigenvalue weighted by Gasteiger charge is -2.70. The van der Waals surface area contributed by atoms with Crippen molar-refractivity contribution in [1.82, 2.24) is 0 Å². The molecule has 25 heavy (non-hydrogen) atoms. The predicted octanol–water partition coefficient (Wildman–Crippen LogP) is 4.71. The summed E-state index contributed by atoms with van der Waals surface area (Å²) in [6.45, 7) is 15.1. The van der Waals surface area contributed by atoms with Gasteiger partial charge in [-0.1, -0.05) is 41.5 Å². The van der Waals surface area contributed by atoms with Crippen LogP contribution in [0.2, 0.25) is 0 Å². The van der Waals surface area contributed by atoms with Crippen LogP contribution in [0.4, 0.5) is 0 Å². The van der Waals surface area contributed by atoms with Crippen molar-refractivity contribution in [2.75, 3.05) is 0 Å². The van der Waals surface area contributed by atoms with Gasteiger partial charge in [-0.3, -0.25) is 4.79 Å². The molecule has 0 aliphatic heterocycles. The van der Waals surface area contributed by atoms with Gasteiger partial charge in [-0.05, 0) is 61.7 Å². The molecule has 0 radical (unpaired) electrons. The minimum atomic E-state index is -0.540. The molecule has 0 aromatic rings. The Bertz CT molecular complexity index is 626. The number of fused-ring (bicyclic) bond motifs is 1. The number of rotatable bonds is 3. The molecule has 1 N–H and O–H groups in total. The van der Waals surface area contributed by atoms with Crippen molar-refractivity contribution < 1.29 is 14.6 Å². The van der Waals surface area contributed by atoms with Crippen molar-refractivity contribution >= 4 is 5.97 Å². The monoisotopic (exact) mass is 348 g/mol. The molecule has 4 saturated carbocycles. The fourth-order valence-electron chi connectivity index (χ4n) is 7.23. The maximum atomic E-state index is 13.5. The van der Waals surface area contributed by atoms with E-state index in [2.05, 4.69) is 48.5 Å². The lowest BCUT2D eigenvalue weighted by Crippen LogP contribution is -2.71. The van der Waals surface area contributed by atoms with Gasteiger partial charge in [0.2, 0.25) is 0 Å². The third-order valence-electron chi connectivity index (χ3n) is 8.62. The van der Waals surface area contributed by atoms with Crippen molar-refractivity contribution in [3.05, 3.63) is 0 Å². The Balaban J connectivity index is 1.59. The molecule has 4 rings (SSSR count). The van der Waals surface area contributed by atoms with Crippen LogP contribution in [0.25, 0.3) is 0 Å². The quantitative estimate of drug-likeness (QED) is 0.751. The van der Waals surface area contributed by atoms with Gasteiger partial charge in [-0.15, -0.1) is 0 Å². The molecule has 0 aromatic heterocycles. The van der Waals surface area contributed by atoms with Gasteiger partial charge < -0.3 is 9.84 Å². The first-order chi connectivity index (χ1) is 11.2. The Morgan fingerprint density at radius 2 is 1.64 bits per heavy atom. The van der Waals surface area contributed by atoms with Crippen LogP contribution in [0, 0.1) is 33.5 Å². The molecule has 1 spiro atoms. The van der Waals surface area contributed by atoms with Gasteiger partial charge >= 0.3 is 5.97 Å². The van der Waals surface area contributed by atoms with E-state index in [-0.39, 0.29) is 22.2 Å². The first-order valence-electron chi connectivity index (χ1n) is 10.1. The van der Waals surface area contributed by atoms with Crippen molar-refractivity contribution in [2.45, 2.75) is 98.2 Å². The molecule has 3 nitrogen and oxygen atoms in total. The molecule has 4 aliphatic rings. The van der Waals surface area contributed by atoms with Crippen LogP contribution in [0.3, 0.4) is 0 Å². The largest absolute Gasteiger partial charge is 0.458 e. The Morgan fingerprint density at radius 1 is 1.04 bits per heavy atom. The summed E-state index contributed by atoms with van der Waals surface area (Å²) in [4.78, 5) is 13.5. The van der Waals surface area contributed by atoms with Crippen LogP contribution < -0.4 is 0 Å². The van der Waals surface area contributed by atoms with Crippen LogP contribution >= 0.6 is 0 Å². The first kappa shape index (κ1) is 17.8. The van der Waals surface area contributed by atoms with E-state index in [4.69, 9.17) is 4.74 Å². The van der Waals surface area contributed by atoms with Crippen LogP contribution in [0.15, 0.2) is 0 Å². The highest BCUT2D eigenvalue weighted by Gasteiger charge is 2.85. The highest BCUT2D eigenvalue weighted by molar-refractivity contribution is 5.78. The fraction of sp³-hybridized carbons (Fsp3) is 0.955. The Kier molecular flexibility index (Phi) is 3.18. The summed E-state index contributed by atoms with van der Waals surface area (Å²) in [6, 6.07) is 0. The van der Waals surface area contributed by atoms with E-state index in [0.29, 0.717) is 18.3 Å². The maximum absolute atomic E-state index is 13.5. The van der Waals surface area contributed by atoms with Gasteiger partial charge in [0.1, 0.15) is 5.60 Å². The predicted molar refractivity (Wildman–Crippen MR) is 97.9 cm³/mol. The molecule has 4 aliphatic carbocycles. The van der Waals surface area contributed by atoms with Crippen LogP contribution in [-0.2, 0) is 9.53 Å². The first-order valence-corrected chi connectivity index (χ1v) is 10.1. The van der Waals surface area contributed by atoms with Gasteiger partial charge in [-0.25, -0.2) is 0 Å². The van der Waals surface area contributed by atoms with Crippen molar-refractivity contribution in [1.29, 1.82) is 0 Å². The van der Waals surface area contributed by atoms with E-state index in [0.717, 1.165) is 25.7 Å². The van der Waals surface area contributed by atoms with E-state index in [1.807, 2.05) is 0 Å². The highest BCUT2D eigenvalue weighted by atomic mass is 16.6. The third kappa shape index (κ3) is 2.05. The SMILES string of the molecule is CC(C)(C)CC(C)(C(=O)OC12CC3CC4CC(O)(C1)C34C2)C(C)(C)C. The van der Waals surface area contributed by atoms with Crippen LogP contribution in [0.5, 0.6) is 0 Å². The zero-order valence-corrected chi connectivity index (χ0v) is 17.2. The topological polar surface area (TPSA) is 46.5 Å². The highest BCUT2D eigenvalue weighted by Crippen LogP contribution is 2.84. The summed E-state index contributed by atoms with van der Waals surface area (Å²) in [6.07, 6.45) is 5.54. The van der Waals surface area contributed by atoms with Crippen molar-refractivity contribution in [3.63, 3.8) is 0 Å². The maximum Gasteiger partial charge on any atom is 0.312 e. The molecule has 0 heterocycles.